The van der Waals surface area contributed by atoms with Crippen molar-refractivity contribution in [2.24, 2.45) is 0 Å². The van der Waals surface area contributed by atoms with Crippen molar-refractivity contribution in [1.29, 1.82) is 0 Å². The van der Waals surface area contributed by atoms with E-state index in [2.05, 4.69) is 19.5 Å². The third kappa shape index (κ3) is 5.55. The second-order valence-corrected chi connectivity index (χ2v) is 5.60. The molecular formula is C20H19NO8. The van der Waals surface area contributed by atoms with Crippen LogP contribution in [0.4, 0.5) is 5.69 Å². The maximum atomic E-state index is 12.2. The van der Waals surface area contributed by atoms with Gasteiger partial charge in [0.1, 0.15) is 5.75 Å². The molecule has 1 N–H and O–H groups in total. The van der Waals surface area contributed by atoms with E-state index in [4.69, 9.17) is 4.74 Å². The van der Waals surface area contributed by atoms with E-state index in [1.807, 2.05) is 0 Å². The fraction of sp³-hybridized carbons (Fsp3) is 0.200. The second kappa shape index (κ2) is 9.88. The smallest absolute Gasteiger partial charge is 0.339 e. The Bertz CT molecular complexity index is 921. The molecule has 0 unspecified atom stereocenters. The molecule has 0 aliphatic carbocycles. The van der Waals surface area contributed by atoms with Crippen molar-refractivity contribution in [3.8, 4) is 5.75 Å². The highest BCUT2D eigenvalue weighted by molar-refractivity contribution is 6.03. The van der Waals surface area contributed by atoms with Crippen molar-refractivity contribution in [2.45, 2.75) is 0 Å². The first-order valence-electron chi connectivity index (χ1n) is 8.31. The largest absolute Gasteiger partial charge is 0.484 e. The Morgan fingerprint density at radius 1 is 0.759 bits per heavy atom. The summed E-state index contributed by atoms with van der Waals surface area (Å²) < 4.78 is 19.3. The average molecular weight is 401 g/mol. The third-order valence-corrected chi connectivity index (χ3v) is 3.77. The molecule has 0 heterocycles. The lowest BCUT2D eigenvalue weighted by Gasteiger charge is -2.12. The SMILES string of the molecule is COC(=O)c1ccc(OCC(=O)Nc2cc(C(=O)OC)ccc2C(=O)OC)cc1. The Labute approximate surface area is 166 Å². The van der Waals surface area contributed by atoms with Crippen molar-refractivity contribution in [3.05, 3.63) is 59.2 Å². The average Bonchev–Trinajstić information content (AvgIpc) is 2.76. The van der Waals surface area contributed by atoms with Crippen LogP contribution in [0.5, 0.6) is 5.75 Å². The molecule has 2 aromatic rings. The summed E-state index contributed by atoms with van der Waals surface area (Å²) in [7, 11) is 3.69. The predicted octanol–water partition coefficient (Wildman–Crippen LogP) is 2.06. The topological polar surface area (TPSA) is 117 Å². The van der Waals surface area contributed by atoms with Crippen LogP contribution in [0.3, 0.4) is 0 Å². The Morgan fingerprint density at radius 3 is 1.90 bits per heavy atom. The van der Waals surface area contributed by atoms with Crippen LogP contribution in [0.1, 0.15) is 31.1 Å². The summed E-state index contributed by atoms with van der Waals surface area (Å²) in [5, 5.41) is 2.51. The van der Waals surface area contributed by atoms with E-state index in [0.717, 1.165) is 0 Å². The highest BCUT2D eigenvalue weighted by Gasteiger charge is 2.17. The molecule has 0 bridgehead atoms. The van der Waals surface area contributed by atoms with E-state index >= 15 is 0 Å². The van der Waals surface area contributed by atoms with Crippen molar-refractivity contribution in [1.82, 2.24) is 0 Å². The Balaban J connectivity index is 2.09. The number of carbonyl (C=O) groups excluding carboxylic acids is 4. The number of carbonyl (C=O) groups is 4. The van der Waals surface area contributed by atoms with Crippen LogP contribution in [0.15, 0.2) is 42.5 Å². The molecule has 1 amide bonds. The fourth-order valence-electron chi connectivity index (χ4n) is 2.32. The van der Waals surface area contributed by atoms with Crippen molar-refractivity contribution >= 4 is 29.5 Å². The van der Waals surface area contributed by atoms with Crippen molar-refractivity contribution in [2.75, 3.05) is 33.3 Å². The quantitative estimate of drug-likeness (QED) is 0.553. The molecule has 0 spiro atoms. The number of hydrogen-bond acceptors (Lipinski definition) is 8. The van der Waals surface area contributed by atoms with Gasteiger partial charge >= 0.3 is 17.9 Å². The summed E-state index contributed by atoms with van der Waals surface area (Å²) >= 11 is 0. The zero-order chi connectivity index (χ0) is 21.4. The Kier molecular flexibility index (Phi) is 7.30. The summed E-state index contributed by atoms with van der Waals surface area (Å²) in [4.78, 5) is 47.2. The lowest BCUT2D eigenvalue weighted by atomic mass is 10.1. The van der Waals surface area contributed by atoms with Gasteiger partial charge in [-0.3, -0.25) is 4.79 Å². The maximum absolute atomic E-state index is 12.2. The number of methoxy groups -OCH3 is 3. The minimum Gasteiger partial charge on any atom is -0.484 e. The van der Waals surface area contributed by atoms with Gasteiger partial charge in [0.15, 0.2) is 6.61 Å². The molecule has 0 saturated carbocycles. The first kappa shape index (κ1) is 21.4. The van der Waals surface area contributed by atoms with Gasteiger partial charge in [-0.25, -0.2) is 14.4 Å². The molecule has 0 aliphatic heterocycles. The molecule has 0 atom stereocenters. The molecule has 9 nitrogen and oxygen atoms in total. The molecule has 0 aliphatic rings. The van der Waals surface area contributed by atoms with Crippen LogP contribution < -0.4 is 10.1 Å². The van der Waals surface area contributed by atoms with Gasteiger partial charge in [0.05, 0.1) is 43.7 Å². The zero-order valence-corrected chi connectivity index (χ0v) is 16.0. The van der Waals surface area contributed by atoms with Crippen LogP contribution in [-0.2, 0) is 19.0 Å². The molecule has 0 radical (unpaired) electrons. The highest BCUT2D eigenvalue weighted by atomic mass is 16.5. The van der Waals surface area contributed by atoms with Crippen LogP contribution >= 0.6 is 0 Å². The number of nitrogens with one attached hydrogen (secondary N) is 1. The van der Waals surface area contributed by atoms with Gasteiger partial charge in [0, 0.05) is 0 Å². The lowest BCUT2D eigenvalue weighted by Crippen LogP contribution is -2.22. The summed E-state index contributed by atoms with van der Waals surface area (Å²) in [6, 6.07) is 10.0. The third-order valence-electron chi connectivity index (χ3n) is 3.77. The van der Waals surface area contributed by atoms with E-state index in [-0.39, 0.29) is 23.4 Å². The van der Waals surface area contributed by atoms with Gasteiger partial charge < -0.3 is 24.3 Å². The Hall–Kier alpha value is -3.88. The summed E-state index contributed by atoms with van der Waals surface area (Å²) in [5.74, 6) is -2.02. The first-order chi connectivity index (χ1) is 13.9. The molecule has 9 heteroatoms. The Morgan fingerprint density at radius 2 is 1.31 bits per heavy atom. The molecule has 29 heavy (non-hydrogen) atoms. The predicted molar refractivity (Wildman–Crippen MR) is 101 cm³/mol. The molecule has 0 saturated heterocycles. The number of benzene rings is 2. The summed E-state index contributed by atoms with van der Waals surface area (Å²) in [6.45, 7) is -0.374. The van der Waals surface area contributed by atoms with Crippen LogP contribution in [0, 0.1) is 0 Å². The minimum absolute atomic E-state index is 0.0657. The van der Waals surface area contributed by atoms with Gasteiger partial charge in [-0.15, -0.1) is 0 Å². The van der Waals surface area contributed by atoms with E-state index in [1.54, 1.807) is 0 Å². The van der Waals surface area contributed by atoms with Crippen LogP contribution in [0.25, 0.3) is 0 Å². The van der Waals surface area contributed by atoms with Gasteiger partial charge in [0.2, 0.25) is 0 Å². The van der Waals surface area contributed by atoms with E-state index in [9.17, 15) is 19.2 Å². The number of esters is 3. The lowest BCUT2D eigenvalue weighted by molar-refractivity contribution is -0.118. The van der Waals surface area contributed by atoms with Crippen molar-refractivity contribution < 1.29 is 38.1 Å². The molecule has 2 aromatic carbocycles. The van der Waals surface area contributed by atoms with E-state index < -0.39 is 23.8 Å². The number of anilines is 1. The molecule has 152 valence electrons. The standard InChI is InChI=1S/C20H19NO8/c1-26-18(23)12-4-7-14(8-5-12)29-11-17(22)21-16-10-13(19(24)27-2)6-9-15(16)20(25)28-3/h4-10H,11H2,1-3H3,(H,21,22). The van der Waals surface area contributed by atoms with Gasteiger partial charge in [-0.1, -0.05) is 0 Å². The number of rotatable bonds is 7. The van der Waals surface area contributed by atoms with Crippen LogP contribution in [-0.4, -0.2) is 51.8 Å². The number of ether oxygens (including phenoxy) is 4. The second-order valence-electron chi connectivity index (χ2n) is 5.60. The molecular weight excluding hydrogens is 382 g/mol. The van der Waals surface area contributed by atoms with Crippen LogP contribution in [0.2, 0.25) is 0 Å². The monoisotopic (exact) mass is 401 g/mol. The van der Waals surface area contributed by atoms with E-state index in [1.165, 1.54) is 63.8 Å². The molecule has 0 aromatic heterocycles. The van der Waals surface area contributed by atoms with Gasteiger partial charge in [0.25, 0.3) is 5.91 Å². The highest BCUT2D eigenvalue weighted by Crippen LogP contribution is 2.20. The number of hydrogen-bond donors (Lipinski definition) is 1. The zero-order valence-electron chi connectivity index (χ0n) is 16.0. The van der Waals surface area contributed by atoms with Gasteiger partial charge in [-0.2, -0.15) is 0 Å². The first-order valence-corrected chi connectivity index (χ1v) is 8.31. The molecule has 0 fully saturated rings. The van der Waals surface area contributed by atoms with Crippen molar-refractivity contribution in [3.63, 3.8) is 0 Å². The maximum Gasteiger partial charge on any atom is 0.339 e. The fourth-order valence-corrected chi connectivity index (χ4v) is 2.32. The molecule has 2 rings (SSSR count). The van der Waals surface area contributed by atoms with Gasteiger partial charge in [-0.05, 0) is 42.5 Å². The summed E-state index contributed by atoms with van der Waals surface area (Å²) in [5.41, 5.74) is 0.631. The minimum atomic E-state index is -0.684. The number of amides is 1. The normalized spacial score (nSPS) is 9.90. The van der Waals surface area contributed by atoms with E-state index in [0.29, 0.717) is 11.3 Å². The summed E-state index contributed by atoms with van der Waals surface area (Å²) in [6.07, 6.45) is 0.